The third-order valence-electron chi connectivity index (χ3n) is 3.65. The summed E-state index contributed by atoms with van der Waals surface area (Å²) in [6, 6.07) is 5.38. The largest absolute Gasteiger partial charge is 0.364 e. The second-order valence-corrected chi connectivity index (χ2v) is 4.89. The monoisotopic (exact) mass is 221 g/mol. The van der Waals surface area contributed by atoms with Crippen molar-refractivity contribution in [2.75, 3.05) is 20.1 Å². The normalized spacial score (nSPS) is 23.6. The highest BCUT2D eigenvalue weighted by molar-refractivity contribution is 5.08. The molecule has 2 heterocycles. The minimum atomic E-state index is 0.471. The lowest BCUT2D eigenvalue weighted by Crippen LogP contribution is -2.43. The number of aromatic amines is 1. The highest BCUT2D eigenvalue weighted by Crippen LogP contribution is 2.18. The molecule has 16 heavy (non-hydrogen) atoms. The van der Waals surface area contributed by atoms with E-state index in [1.165, 1.54) is 31.5 Å². The van der Waals surface area contributed by atoms with Crippen molar-refractivity contribution in [1.29, 1.82) is 0 Å². The Morgan fingerprint density at radius 3 is 3.00 bits per heavy atom. The van der Waals surface area contributed by atoms with Gasteiger partial charge in [-0.15, -0.1) is 0 Å². The van der Waals surface area contributed by atoms with Crippen LogP contribution in [0, 0.1) is 0 Å². The summed E-state index contributed by atoms with van der Waals surface area (Å²) >= 11 is 0. The van der Waals surface area contributed by atoms with E-state index in [0.29, 0.717) is 12.1 Å². The Labute approximate surface area is 98.2 Å². The number of piperidine rings is 1. The van der Waals surface area contributed by atoms with Crippen molar-refractivity contribution in [3.8, 4) is 0 Å². The summed E-state index contributed by atoms with van der Waals surface area (Å²) in [6.45, 7) is 4.59. The van der Waals surface area contributed by atoms with Crippen LogP contribution in [0.3, 0.4) is 0 Å². The maximum Gasteiger partial charge on any atom is 0.0467 e. The topological polar surface area (TPSA) is 31.1 Å². The lowest BCUT2D eigenvalue weighted by atomic mass is 10.0. The molecule has 1 fully saturated rings. The molecular weight excluding hydrogens is 198 g/mol. The number of aromatic nitrogens is 1. The third-order valence-corrected chi connectivity index (χ3v) is 3.65. The van der Waals surface area contributed by atoms with Crippen LogP contribution in [0.1, 0.15) is 37.9 Å². The molecule has 1 aromatic heterocycles. The number of nitrogens with one attached hydrogen (secondary N) is 2. The Hall–Kier alpha value is -0.800. The lowest BCUT2D eigenvalue weighted by molar-refractivity contribution is 0.212. The molecule has 0 bridgehead atoms. The molecule has 3 nitrogen and oxygen atoms in total. The van der Waals surface area contributed by atoms with Gasteiger partial charge in [0.25, 0.3) is 0 Å². The van der Waals surface area contributed by atoms with Gasteiger partial charge in [0, 0.05) is 30.5 Å². The van der Waals surface area contributed by atoms with E-state index >= 15 is 0 Å². The molecule has 1 aromatic rings. The summed E-state index contributed by atoms with van der Waals surface area (Å²) in [6.07, 6.45) is 6.04. The van der Waals surface area contributed by atoms with Crippen LogP contribution >= 0.6 is 0 Å². The molecule has 1 aliphatic rings. The lowest BCUT2D eigenvalue weighted by Gasteiger charge is -2.31. The van der Waals surface area contributed by atoms with Crippen molar-refractivity contribution in [2.24, 2.45) is 0 Å². The first-order chi connectivity index (χ1) is 7.77. The zero-order valence-corrected chi connectivity index (χ0v) is 10.4. The van der Waals surface area contributed by atoms with Crippen LogP contribution in [0.25, 0.3) is 0 Å². The van der Waals surface area contributed by atoms with E-state index in [9.17, 15) is 0 Å². The van der Waals surface area contributed by atoms with Gasteiger partial charge in [-0.3, -0.25) is 4.90 Å². The van der Waals surface area contributed by atoms with Gasteiger partial charge in [0.05, 0.1) is 0 Å². The van der Waals surface area contributed by atoms with Crippen molar-refractivity contribution < 1.29 is 0 Å². The molecule has 0 spiro atoms. The van der Waals surface area contributed by atoms with Crippen LogP contribution in [0.15, 0.2) is 18.3 Å². The molecule has 1 aliphatic heterocycles. The summed E-state index contributed by atoms with van der Waals surface area (Å²) in [5.74, 6) is 0. The van der Waals surface area contributed by atoms with Gasteiger partial charge in [0.2, 0.25) is 0 Å². The fraction of sp³-hybridized carbons (Fsp3) is 0.692. The van der Waals surface area contributed by atoms with Gasteiger partial charge in [-0.25, -0.2) is 0 Å². The van der Waals surface area contributed by atoms with Crippen LogP contribution in [0.2, 0.25) is 0 Å². The summed E-state index contributed by atoms with van der Waals surface area (Å²) in [5, 5.41) is 3.60. The average Bonchev–Trinajstić information content (AvgIpc) is 2.83. The Balaban J connectivity index is 1.84. The maximum atomic E-state index is 3.60. The molecule has 2 rings (SSSR count). The van der Waals surface area contributed by atoms with Crippen molar-refractivity contribution in [3.63, 3.8) is 0 Å². The minimum Gasteiger partial charge on any atom is -0.364 e. The smallest absolute Gasteiger partial charge is 0.0467 e. The highest BCUT2D eigenvalue weighted by atomic mass is 15.2. The zero-order chi connectivity index (χ0) is 11.4. The Bertz CT molecular complexity index is 288. The van der Waals surface area contributed by atoms with Gasteiger partial charge in [-0.1, -0.05) is 6.42 Å². The van der Waals surface area contributed by atoms with E-state index in [2.05, 4.69) is 41.3 Å². The van der Waals surface area contributed by atoms with Gasteiger partial charge >= 0.3 is 0 Å². The highest BCUT2D eigenvalue weighted by Gasteiger charge is 2.18. The first kappa shape index (κ1) is 11.7. The first-order valence-electron chi connectivity index (χ1n) is 6.34. The SMILES string of the molecule is C[C@H](c1ccc[nH]1)N(C)C[C@@H]1CCCCN1. The number of hydrogen-bond acceptors (Lipinski definition) is 2. The van der Waals surface area contributed by atoms with Gasteiger partial charge in [0.1, 0.15) is 0 Å². The van der Waals surface area contributed by atoms with Gasteiger partial charge in [0.15, 0.2) is 0 Å². The van der Waals surface area contributed by atoms with Gasteiger partial charge < -0.3 is 10.3 Å². The summed E-state index contributed by atoms with van der Waals surface area (Å²) in [7, 11) is 2.21. The van der Waals surface area contributed by atoms with Crippen LogP contribution in [0.4, 0.5) is 0 Å². The minimum absolute atomic E-state index is 0.471. The predicted octanol–water partition coefficient (Wildman–Crippen LogP) is 2.15. The molecule has 90 valence electrons. The van der Waals surface area contributed by atoms with Crippen molar-refractivity contribution in [3.05, 3.63) is 24.0 Å². The van der Waals surface area contributed by atoms with E-state index in [0.717, 1.165) is 6.54 Å². The standard InChI is InChI=1S/C13H23N3/c1-11(13-7-5-9-15-13)16(2)10-12-6-3-4-8-14-12/h5,7,9,11-12,14-15H,3-4,6,8,10H2,1-2H3/t11-,12+/m1/s1. The van der Waals surface area contributed by atoms with Crippen LogP contribution in [-0.2, 0) is 0 Å². The quantitative estimate of drug-likeness (QED) is 0.816. The number of rotatable bonds is 4. The van der Waals surface area contributed by atoms with Crippen LogP contribution in [0.5, 0.6) is 0 Å². The molecule has 0 radical (unpaired) electrons. The third kappa shape index (κ3) is 2.86. The fourth-order valence-corrected chi connectivity index (χ4v) is 2.43. The predicted molar refractivity (Wildman–Crippen MR) is 67.5 cm³/mol. The van der Waals surface area contributed by atoms with Gasteiger partial charge in [-0.2, -0.15) is 0 Å². The second-order valence-electron chi connectivity index (χ2n) is 4.89. The van der Waals surface area contributed by atoms with E-state index in [1.807, 2.05) is 6.20 Å². The second kappa shape index (κ2) is 5.51. The number of likely N-dealkylation sites (N-methyl/N-ethyl adjacent to an activating group) is 1. The molecule has 0 saturated carbocycles. The van der Waals surface area contributed by atoms with Crippen LogP contribution in [-0.4, -0.2) is 36.1 Å². The van der Waals surface area contributed by atoms with Gasteiger partial charge in [-0.05, 0) is 45.5 Å². The van der Waals surface area contributed by atoms with E-state index in [-0.39, 0.29) is 0 Å². The number of H-pyrrole nitrogens is 1. The molecule has 0 aromatic carbocycles. The zero-order valence-electron chi connectivity index (χ0n) is 10.4. The van der Waals surface area contributed by atoms with E-state index in [1.54, 1.807) is 0 Å². The Morgan fingerprint density at radius 2 is 2.38 bits per heavy atom. The molecule has 3 heteroatoms. The average molecular weight is 221 g/mol. The van der Waals surface area contributed by atoms with Crippen molar-refractivity contribution in [2.45, 2.75) is 38.3 Å². The molecule has 1 saturated heterocycles. The molecule has 2 atom stereocenters. The summed E-state index contributed by atoms with van der Waals surface area (Å²) in [5.41, 5.74) is 1.30. The van der Waals surface area contributed by atoms with Crippen LogP contribution < -0.4 is 5.32 Å². The first-order valence-corrected chi connectivity index (χ1v) is 6.34. The Morgan fingerprint density at radius 1 is 1.50 bits per heavy atom. The summed E-state index contributed by atoms with van der Waals surface area (Å²) in [4.78, 5) is 5.72. The molecule has 0 aliphatic carbocycles. The number of hydrogen-bond donors (Lipinski definition) is 2. The molecular formula is C13H23N3. The number of nitrogens with zero attached hydrogens (tertiary/aromatic N) is 1. The van der Waals surface area contributed by atoms with E-state index in [4.69, 9.17) is 0 Å². The fourth-order valence-electron chi connectivity index (χ4n) is 2.43. The summed E-state index contributed by atoms with van der Waals surface area (Å²) < 4.78 is 0. The molecule has 0 amide bonds. The molecule has 2 N–H and O–H groups in total. The molecule has 0 unspecified atom stereocenters. The van der Waals surface area contributed by atoms with E-state index < -0.39 is 0 Å². The Kier molecular flexibility index (Phi) is 4.02. The maximum absolute atomic E-state index is 3.60. The van der Waals surface area contributed by atoms with Crippen molar-refractivity contribution in [1.82, 2.24) is 15.2 Å². The van der Waals surface area contributed by atoms with Crippen molar-refractivity contribution >= 4 is 0 Å².